The molecule has 0 spiro atoms. The van der Waals surface area contributed by atoms with Crippen molar-refractivity contribution in [1.82, 2.24) is 15.5 Å². The molecule has 2 heterocycles. The zero-order chi connectivity index (χ0) is 17.6. The smallest absolute Gasteiger partial charge is 0.342 e. The van der Waals surface area contributed by atoms with Gasteiger partial charge in [-0.25, -0.2) is 4.99 Å². The van der Waals surface area contributed by atoms with Crippen LogP contribution >= 0.6 is 11.3 Å². The molecule has 0 bridgehead atoms. The molecule has 1 aromatic rings. The summed E-state index contributed by atoms with van der Waals surface area (Å²) in [4.78, 5) is 6.53. The number of likely N-dealkylation sites (N-methyl/N-ethyl adjacent to an activating group) is 1. The molecule has 0 amide bonds. The van der Waals surface area contributed by atoms with E-state index in [-0.39, 0.29) is 11.4 Å². The van der Waals surface area contributed by atoms with Crippen LogP contribution in [0.25, 0.3) is 0 Å². The SMILES string of the molecule is CNCC1(c2cccs2)CCN(C(=NCC(F)(F)F)NC#N)CC1. The van der Waals surface area contributed by atoms with Crippen LogP contribution < -0.4 is 10.6 Å². The van der Waals surface area contributed by atoms with Crippen molar-refractivity contribution in [3.63, 3.8) is 0 Å². The molecule has 0 aliphatic carbocycles. The van der Waals surface area contributed by atoms with E-state index < -0.39 is 12.7 Å². The fourth-order valence-corrected chi connectivity index (χ4v) is 4.00. The van der Waals surface area contributed by atoms with E-state index in [1.165, 1.54) is 4.88 Å². The molecule has 9 heteroatoms. The van der Waals surface area contributed by atoms with Crippen LogP contribution in [0.2, 0.25) is 0 Å². The number of hydrogen-bond acceptors (Lipinski definition) is 4. The zero-order valence-corrected chi connectivity index (χ0v) is 14.2. The van der Waals surface area contributed by atoms with Gasteiger partial charge in [0, 0.05) is 29.9 Å². The number of nitriles is 1. The predicted molar refractivity (Wildman–Crippen MR) is 87.8 cm³/mol. The fourth-order valence-electron chi connectivity index (χ4n) is 3.01. The van der Waals surface area contributed by atoms with Crippen LogP contribution in [0.5, 0.6) is 0 Å². The average Bonchev–Trinajstić information content (AvgIpc) is 3.07. The van der Waals surface area contributed by atoms with Gasteiger partial charge >= 0.3 is 6.18 Å². The maximum absolute atomic E-state index is 12.4. The van der Waals surface area contributed by atoms with Crippen LogP contribution in [0.1, 0.15) is 17.7 Å². The van der Waals surface area contributed by atoms with E-state index in [1.807, 2.05) is 18.5 Å². The Balaban J connectivity index is 2.10. The first-order valence-corrected chi connectivity index (χ1v) is 8.48. The third-order valence-electron chi connectivity index (χ3n) is 4.15. The average molecular weight is 359 g/mol. The van der Waals surface area contributed by atoms with Crippen molar-refractivity contribution < 1.29 is 13.2 Å². The molecule has 0 saturated carbocycles. The van der Waals surface area contributed by atoms with Gasteiger partial charge < -0.3 is 10.2 Å². The maximum Gasteiger partial charge on any atom is 0.408 e. The summed E-state index contributed by atoms with van der Waals surface area (Å²) < 4.78 is 37.2. The molecule has 0 radical (unpaired) electrons. The number of piperidine rings is 1. The summed E-state index contributed by atoms with van der Waals surface area (Å²) in [6.45, 7) is 0.609. The van der Waals surface area contributed by atoms with Gasteiger partial charge in [0.15, 0.2) is 6.19 Å². The largest absolute Gasteiger partial charge is 0.408 e. The molecule has 0 unspecified atom stereocenters. The van der Waals surface area contributed by atoms with E-state index in [9.17, 15) is 13.2 Å². The van der Waals surface area contributed by atoms with Gasteiger partial charge in [0.1, 0.15) is 6.54 Å². The fraction of sp³-hybridized carbons (Fsp3) is 0.600. The number of nitrogens with zero attached hydrogens (tertiary/aromatic N) is 3. The van der Waals surface area contributed by atoms with E-state index in [0.717, 1.165) is 19.4 Å². The molecular weight excluding hydrogens is 339 g/mol. The second-order valence-electron chi connectivity index (χ2n) is 5.77. The van der Waals surface area contributed by atoms with Gasteiger partial charge in [0.2, 0.25) is 5.96 Å². The highest BCUT2D eigenvalue weighted by Gasteiger charge is 2.37. The highest BCUT2D eigenvalue weighted by atomic mass is 32.1. The quantitative estimate of drug-likeness (QED) is 0.375. The summed E-state index contributed by atoms with van der Waals surface area (Å²) in [5, 5.41) is 16.3. The summed E-state index contributed by atoms with van der Waals surface area (Å²) in [6, 6.07) is 4.11. The zero-order valence-electron chi connectivity index (χ0n) is 13.4. The molecule has 2 rings (SSSR count). The van der Waals surface area contributed by atoms with Crippen molar-refractivity contribution in [3.05, 3.63) is 22.4 Å². The lowest BCUT2D eigenvalue weighted by Crippen LogP contribution is -2.51. The molecule has 0 atom stereocenters. The van der Waals surface area contributed by atoms with Gasteiger partial charge in [-0.15, -0.1) is 11.3 Å². The third kappa shape index (κ3) is 4.61. The van der Waals surface area contributed by atoms with Gasteiger partial charge in [0.05, 0.1) is 0 Å². The Morgan fingerprint density at radius 1 is 1.46 bits per heavy atom. The van der Waals surface area contributed by atoms with E-state index in [1.54, 1.807) is 22.4 Å². The minimum atomic E-state index is -4.38. The maximum atomic E-state index is 12.4. The summed E-state index contributed by atoms with van der Waals surface area (Å²) in [5.74, 6) is -0.000868. The lowest BCUT2D eigenvalue weighted by molar-refractivity contribution is -0.118. The summed E-state index contributed by atoms with van der Waals surface area (Å²) in [6.07, 6.45) is -1.14. The Morgan fingerprint density at radius 2 is 2.17 bits per heavy atom. The van der Waals surface area contributed by atoms with Gasteiger partial charge in [-0.05, 0) is 31.3 Å². The van der Waals surface area contributed by atoms with E-state index in [2.05, 4.69) is 21.7 Å². The molecule has 1 fully saturated rings. The highest BCUT2D eigenvalue weighted by molar-refractivity contribution is 7.10. The second-order valence-corrected chi connectivity index (χ2v) is 6.71. The van der Waals surface area contributed by atoms with Crippen LogP contribution in [0, 0.1) is 11.5 Å². The number of guanidine groups is 1. The van der Waals surface area contributed by atoms with Crippen molar-refractivity contribution in [2.75, 3.05) is 33.2 Å². The molecule has 5 nitrogen and oxygen atoms in total. The van der Waals surface area contributed by atoms with Crippen LogP contribution in [-0.4, -0.2) is 50.3 Å². The molecule has 132 valence electrons. The summed E-state index contributed by atoms with van der Waals surface area (Å²) in [5.41, 5.74) is -0.0266. The molecule has 1 aliphatic rings. The lowest BCUT2D eigenvalue weighted by Gasteiger charge is -2.42. The molecule has 24 heavy (non-hydrogen) atoms. The van der Waals surface area contributed by atoms with Crippen molar-refractivity contribution in [2.24, 2.45) is 4.99 Å². The highest BCUT2D eigenvalue weighted by Crippen LogP contribution is 2.37. The van der Waals surface area contributed by atoms with E-state index in [4.69, 9.17) is 5.26 Å². The number of hydrogen-bond donors (Lipinski definition) is 2. The van der Waals surface area contributed by atoms with Crippen molar-refractivity contribution >= 4 is 17.3 Å². The first-order chi connectivity index (χ1) is 11.4. The number of halogens is 3. The molecular formula is C15H20F3N5S. The van der Waals surface area contributed by atoms with Crippen LogP contribution in [0.15, 0.2) is 22.5 Å². The predicted octanol–water partition coefficient (Wildman–Crippen LogP) is 2.29. The minimum absolute atomic E-state index is 0.000868. The number of aliphatic imine (C=N–C) groups is 1. The second kappa shape index (κ2) is 7.85. The third-order valence-corrected chi connectivity index (χ3v) is 5.27. The number of alkyl halides is 3. The topological polar surface area (TPSA) is 63.4 Å². The lowest BCUT2D eigenvalue weighted by atomic mass is 9.77. The van der Waals surface area contributed by atoms with Crippen molar-refractivity contribution in [3.8, 4) is 6.19 Å². The molecule has 0 aromatic carbocycles. The first kappa shape index (κ1) is 18.5. The Hall–Kier alpha value is -1.79. The van der Waals surface area contributed by atoms with Crippen LogP contribution in [0.3, 0.4) is 0 Å². The standard InChI is InChI=1S/C15H20F3N5S/c1-20-9-14(12-3-2-8-24-12)4-6-23(7-5-14)13(22-11-19)21-10-15(16,17)18/h2-3,8,20H,4-7,9-10H2,1H3,(H,21,22). The van der Waals surface area contributed by atoms with Crippen molar-refractivity contribution in [1.29, 1.82) is 5.26 Å². The first-order valence-electron chi connectivity index (χ1n) is 7.60. The Labute approximate surface area is 143 Å². The minimum Gasteiger partial charge on any atom is -0.342 e. The molecule has 1 saturated heterocycles. The Kier molecular flexibility index (Phi) is 6.07. The molecule has 1 aromatic heterocycles. The Morgan fingerprint density at radius 3 is 2.67 bits per heavy atom. The number of likely N-dealkylation sites (tertiary alicyclic amines) is 1. The van der Waals surface area contributed by atoms with E-state index in [0.29, 0.717) is 13.1 Å². The van der Waals surface area contributed by atoms with Crippen LogP contribution in [-0.2, 0) is 5.41 Å². The normalized spacial score (nSPS) is 18.3. The number of thiophene rings is 1. The summed E-state index contributed by atoms with van der Waals surface area (Å²) >= 11 is 1.70. The van der Waals surface area contributed by atoms with Crippen LogP contribution in [0.4, 0.5) is 13.2 Å². The molecule has 2 N–H and O–H groups in total. The van der Waals surface area contributed by atoms with E-state index >= 15 is 0 Å². The number of rotatable bonds is 4. The number of nitrogens with one attached hydrogen (secondary N) is 2. The Bertz CT molecular complexity index is 583. The van der Waals surface area contributed by atoms with Gasteiger partial charge in [-0.3, -0.25) is 5.32 Å². The van der Waals surface area contributed by atoms with Gasteiger partial charge in [0.25, 0.3) is 0 Å². The van der Waals surface area contributed by atoms with Gasteiger partial charge in [-0.2, -0.15) is 18.4 Å². The monoisotopic (exact) mass is 359 g/mol. The van der Waals surface area contributed by atoms with Gasteiger partial charge in [-0.1, -0.05) is 6.07 Å². The molecule has 1 aliphatic heterocycles. The summed E-state index contributed by atoms with van der Waals surface area (Å²) in [7, 11) is 1.90. The van der Waals surface area contributed by atoms with Crippen molar-refractivity contribution in [2.45, 2.75) is 24.4 Å².